The van der Waals surface area contributed by atoms with E-state index in [1.807, 2.05) is 0 Å². The molecule has 0 aromatic heterocycles. The van der Waals surface area contributed by atoms with Crippen LogP contribution in [0.1, 0.15) is 32.6 Å². The number of piperazine rings is 1. The lowest BCUT2D eigenvalue weighted by atomic mass is 9.97. The number of nitrogens with one attached hydrogen (secondary N) is 1. The first-order valence-corrected chi connectivity index (χ1v) is 7.53. The molecule has 0 aromatic carbocycles. The third kappa shape index (κ3) is 2.51. The van der Waals surface area contributed by atoms with Crippen LogP contribution in [0.15, 0.2) is 0 Å². The van der Waals surface area contributed by atoms with Crippen molar-refractivity contribution >= 4 is 0 Å². The van der Waals surface area contributed by atoms with Crippen molar-refractivity contribution in [3.63, 3.8) is 0 Å². The van der Waals surface area contributed by atoms with E-state index < -0.39 is 0 Å². The summed E-state index contributed by atoms with van der Waals surface area (Å²) >= 11 is 0. The molecule has 0 bridgehead atoms. The van der Waals surface area contributed by atoms with Gasteiger partial charge in [-0.1, -0.05) is 12.8 Å². The molecule has 0 spiro atoms. The minimum absolute atomic E-state index is 0.833. The van der Waals surface area contributed by atoms with Crippen molar-refractivity contribution in [2.24, 2.45) is 5.92 Å². The summed E-state index contributed by atoms with van der Waals surface area (Å²) in [5, 5.41) is 3.38. The van der Waals surface area contributed by atoms with E-state index in [9.17, 15) is 0 Å². The highest BCUT2D eigenvalue weighted by Crippen LogP contribution is 2.30. The Hall–Kier alpha value is -0.120. The van der Waals surface area contributed by atoms with Crippen molar-refractivity contribution < 1.29 is 0 Å². The topological polar surface area (TPSA) is 18.5 Å². The fourth-order valence-electron chi connectivity index (χ4n) is 3.78. The van der Waals surface area contributed by atoms with Gasteiger partial charge in [-0.2, -0.15) is 0 Å². The molecule has 0 amide bonds. The molecule has 2 heterocycles. The molecule has 1 N–H and O–H groups in total. The Morgan fingerprint density at radius 3 is 2.18 bits per heavy atom. The predicted molar refractivity (Wildman–Crippen MR) is 71.2 cm³/mol. The van der Waals surface area contributed by atoms with Crippen molar-refractivity contribution in [2.45, 2.75) is 44.7 Å². The van der Waals surface area contributed by atoms with Crippen LogP contribution in [0.3, 0.4) is 0 Å². The van der Waals surface area contributed by atoms with Crippen molar-refractivity contribution in [1.29, 1.82) is 0 Å². The van der Waals surface area contributed by atoms with Gasteiger partial charge in [0.1, 0.15) is 0 Å². The first-order chi connectivity index (χ1) is 8.34. The molecular formula is C14H27N3. The van der Waals surface area contributed by atoms with Gasteiger partial charge in [0.25, 0.3) is 0 Å². The molecule has 17 heavy (non-hydrogen) atoms. The molecule has 98 valence electrons. The van der Waals surface area contributed by atoms with E-state index >= 15 is 0 Å². The van der Waals surface area contributed by atoms with Gasteiger partial charge in [0.05, 0.1) is 0 Å². The van der Waals surface area contributed by atoms with E-state index in [0.717, 1.165) is 18.0 Å². The number of nitrogens with zero attached hydrogens (tertiary/aromatic N) is 2. The first kappa shape index (κ1) is 11.9. The summed E-state index contributed by atoms with van der Waals surface area (Å²) in [6, 6.07) is 1.68. The largest absolute Gasteiger partial charge is 0.314 e. The van der Waals surface area contributed by atoms with E-state index in [-0.39, 0.29) is 0 Å². The summed E-state index contributed by atoms with van der Waals surface area (Å²) in [7, 11) is 0. The summed E-state index contributed by atoms with van der Waals surface area (Å²) in [6.45, 7) is 10.1. The van der Waals surface area contributed by atoms with Crippen molar-refractivity contribution in [3.8, 4) is 0 Å². The zero-order chi connectivity index (χ0) is 11.7. The summed E-state index contributed by atoms with van der Waals surface area (Å²) in [5.41, 5.74) is 0. The fourth-order valence-corrected chi connectivity index (χ4v) is 3.78. The standard InChI is InChI=1S/C14H27N3/c1-12(13-4-2-3-5-13)16-6-8-17(9-7-16)14-10-15-11-14/h12-15H,2-11H2,1H3. The van der Waals surface area contributed by atoms with Gasteiger partial charge < -0.3 is 5.32 Å². The average molecular weight is 237 g/mol. The lowest BCUT2D eigenvalue weighted by Crippen LogP contribution is -2.62. The maximum absolute atomic E-state index is 3.38. The van der Waals surface area contributed by atoms with Crippen molar-refractivity contribution in [3.05, 3.63) is 0 Å². The Morgan fingerprint density at radius 2 is 1.65 bits per heavy atom. The minimum atomic E-state index is 0.833. The van der Waals surface area contributed by atoms with E-state index in [1.54, 1.807) is 0 Å². The molecule has 3 rings (SSSR count). The lowest BCUT2D eigenvalue weighted by molar-refractivity contribution is 0.0415. The second-order valence-corrected chi connectivity index (χ2v) is 6.17. The third-order valence-electron chi connectivity index (χ3n) is 5.28. The Balaban J connectivity index is 1.46. The van der Waals surface area contributed by atoms with Crippen LogP contribution in [0, 0.1) is 5.92 Å². The molecule has 3 fully saturated rings. The van der Waals surface area contributed by atoms with E-state index in [2.05, 4.69) is 22.0 Å². The van der Waals surface area contributed by atoms with Crippen LogP contribution >= 0.6 is 0 Å². The number of hydrogen-bond donors (Lipinski definition) is 1. The van der Waals surface area contributed by atoms with Gasteiger partial charge >= 0.3 is 0 Å². The second kappa shape index (κ2) is 5.25. The number of rotatable bonds is 3. The van der Waals surface area contributed by atoms with Gasteiger partial charge in [-0.05, 0) is 25.7 Å². The van der Waals surface area contributed by atoms with E-state index in [1.165, 1.54) is 65.0 Å². The van der Waals surface area contributed by atoms with E-state index in [4.69, 9.17) is 0 Å². The van der Waals surface area contributed by atoms with Crippen molar-refractivity contribution in [2.75, 3.05) is 39.3 Å². The first-order valence-electron chi connectivity index (χ1n) is 7.53. The molecule has 1 atom stereocenters. The Morgan fingerprint density at radius 1 is 1.00 bits per heavy atom. The summed E-state index contributed by atoms with van der Waals surface area (Å²) in [5.74, 6) is 0.993. The molecular weight excluding hydrogens is 210 g/mol. The summed E-state index contributed by atoms with van der Waals surface area (Å²) in [6.07, 6.45) is 5.91. The van der Waals surface area contributed by atoms with Crippen molar-refractivity contribution in [1.82, 2.24) is 15.1 Å². The van der Waals surface area contributed by atoms with Gasteiger partial charge in [0.15, 0.2) is 0 Å². The highest BCUT2D eigenvalue weighted by atomic mass is 15.3. The van der Waals surface area contributed by atoms with Crippen LogP contribution in [0.5, 0.6) is 0 Å². The predicted octanol–water partition coefficient (Wildman–Crippen LogP) is 1.15. The molecule has 1 aliphatic carbocycles. The third-order valence-corrected chi connectivity index (χ3v) is 5.28. The highest BCUT2D eigenvalue weighted by Gasteiger charge is 2.31. The van der Waals surface area contributed by atoms with Crippen LogP contribution in [0.4, 0.5) is 0 Å². The second-order valence-electron chi connectivity index (χ2n) is 6.17. The highest BCUT2D eigenvalue weighted by molar-refractivity contribution is 4.89. The molecule has 3 aliphatic rings. The fraction of sp³-hybridized carbons (Fsp3) is 1.00. The lowest BCUT2D eigenvalue weighted by Gasteiger charge is -2.45. The minimum Gasteiger partial charge on any atom is -0.314 e. The van der Waals surface area contributed by atoms with Crippen LogP contribution in [0.25, 0.3) is 0 Å². The smallest absolute Gasteiger partial charge is 0.0346 e. The Bertz CT molecular complexity index is 238. The SMILES string of the molecule is CC(C1CCCC1)N1CCN(C2CNC2)CC1. The van der Waals surface area contributed by atoms with Crippen LogP contribution in [-0.2, 0) is 0 Å². The monoisotopic (exact) mass is 237 g/mol. The van der Waals surface area contributed by atoms with Crippen LogP contribution in [0.2, 0.25) is 0 Å². The molecule has 1 unspecified atom stereocenters. The molecule has 3 heteroatoms. The van der Waals surface area contributed by atoms with Crippen LogP contribution in [-0.4, -0.2) is 61.2 Å². The molecule has 3 nitrogen and oxygen atoms in total. The zero-order valence-corrected chi connectivity index (χ0v) is 11.2. The maximum Gasteiger partial charge on any atom is 0.0346 e. The Labute approximate surface area is 106 Å². The Kier molecular flexibility index (Phi) is 3.69. The average Bonchev–Trinajstić information content (AvgIpc) is 2.80. The summed E-state index contributed by atoms with van der Waals surface area (Å²) < 4.78 is 0. The molecule has 0 radical (unpaired) electrons. The molecule has 2 aliphatic heterocycles. The van der Waals surface area contributed by atoms with Gasteiger partial charge in [-0.3, -0.25) is 9.80 Å². The summed E-state index contributed by atoms with van der Waals surface area (Å²) in [4.78, 5) is 5.44. The van der Waals surface area contributed by atoms with Gasteiger partial charge in [-0.15, -0.1) is 0 Å². The molecule has 2 saturated heterocycles. The van der Waals surface area contributed by atoms with Gasteiger partial charge in [-0.25, -0.2) is 0 Å². The van der Waals surface area contributed by atoms with Crippen LogP contribution < -0.4 is 5.32 Å². The zero-order valence-electron chi connectivity index (χ0n) is 11.2. The molecule has 0 aromatic rings. The quantitative estimate of drug-likeness (QED) is 0.794. The number of hydrogen-bond acceptors (Lipinski definition) is 3. The van der Waals surface area contributed by atoms with E-state index in [0.29, 0.717) is 0 Å². The van der Waals surface area contributed by atoms with Gasteiger partial charge in [0, 0.05) is 51.4 Å². The van der Waals surface area contributed by atoms with Gasteiger partial charge in [0.2, 0.25) is 0 Å². The molecule has 1 saturated carbocycles. The maximum atomic E-state index is 3.38. The normalized spacial score (nSPS) is 31.6.